The standard InChI is InChI=1S/C20H27N5O3/c1-20(2,3)28-19(26)25-9-8-24-12-15-17(27-13-14(24)11-25)4-5-23-18(15)16-10-21-6-7-22-16/h4-7,10,14,16,22H,8-9,11-13H2,1-3H3. The van der Waals surface area contributed by atoms with Crippen LogP contribution in [0.3, 0.4) is 0 Å². The van der Waals surface area contributed by atoms with Crippen LogP contribution in [-0.4, -0.2) is 65.0 Å². The molecule has 150 valence electrons. The number of fused-ring (bicyclic) bond motifs is 2. The fourth-order valence-corrected chi connectivity index (χ4v) is 3.71. The fraction of sp³-hybridized carbons (Fsp3) is 0.550. The number of piperazine rings is 1. The highest BCUT2D eigenvalue weighted by Gasteiger charge is 2.35. The molecule has 1 amide bonds. The smallest absolute Gasteiger partial charge is 0.410 e. The average Bonchev–Trinajstić information content (AvgIpc) is 2.86. The molecule has 8 heteroatoms. The van der Waals surface area contributed by atoms with Crippen molar-refractivity contribution in [2.45, 2.75) is 45.0 Å². The number of ether oxygens (including phenoxy) is 2. The van der Waals surface area contributed by atoms with Crippen LogP contribution in [0.25, 0.3) is 0 Å². The summed E-state index contributed by atoms with van der Waals surface area (Å²) in [7, 11) is 0. The van der Waals surface area contributed by atoms with Crippen molar-refractivity contribution >= 4 is 12.3 Å². The highest BCUT2D eigenvalue weighted by molar-refractivity contribution is 5.70. The molecule has 1 aromatic heterocycles. The highest BCUT2D eigenvalue weighted by Crippen LogP contribution is 2.31. The predicted octanol–water partition coefficient (Wildman–Crippen LogP) is 2.08. The van der Waals surface area contributed by atoms with Crippen molar-refractivity contribution in [3.05, 3.63) is 35.9 Å². The van der Waals surface area contributed by atoms with E-state index in [0.29, 0.717) is 19.7 Å². The van der Waals surface area contributed by atoms with Gasteiger partial charge in [-0.05, 0) is 26.8 Å². The Bertz CT molecular complexity index is 802. The first kappa shape index (κ1) is 18.7. The summed E-state index contributed by atoms with van der Waals surface area (Å²) in [6.45, 7) is 8.94. The van der Waals surface area contributed by atoms with Crippen molar-refractivity contribution in [1.29, 1.82) is 0 Å². The van der Waals surface area contributed by atoms with Crippen molar-refractivity contribution in [3.8, 4) is 5.75 Å². The summed E-state index contributed by atoms with van der Waals surface area (Å²) in [6, 6.07) is 1.97. The summed E-state index contributed by atoms with van der Waals surface area (Å²) in [5.74, 6) is 0.855. The molecule has 2 unspecified atom stereocenters. The van der Waals surface area contributed by atoms with Crippen molar-refractivity contribution in [3.63, 3.8) is 0 Å². The Morgan fingerprint density at radius 1 is 1.36 bits per heavy atom. The van der Waals surface area contributed by atoms with Gasteiger partial charge in [-0.25, -0.2) is 4.79 Å². The van der Waals surface area contributed by atoms with Gasteiger partial charge in [0.1, 0.15) is 24.0 Å². The van der Waals surface area contributed by atoms with E-state index in [1.807, 2.05) is 39.3 Å². The molecule has 0 saturated carbocycles. The second-order valence-electron chi connectivity index (χ2n) is 8.29. The molecular formula is C20H27N5O3. The van der Waals surface area contributed by atoms with E-state index >= 15 is 0 Å². The van der Waals surface area contributed by atoms with Gasteiger partial charge >= 0.3 is 6.09 Å². The second-order valence-corrected chi connectivity index (χ2v) is 8.29. The minimum absolute atomic E-state index is 0.0665. The molecule has 0 bridgehead atoms. The number of aliphatic imine (C=N–C) groups is 1. The Morgan fingerprint density at radius 2 is 2.21 bits per heavy atom. The minimum atomic E-state index is -0.492. The summed E-state index contributed by atoms with van der Waals surface area (Å²) in [5.41, 5.74) is 1.52. The van der Waals surface area contributed by atoms with Crippen LogP contribution >= 0.6 is 0 Å². The lowest BCUT2D eigenvalue weighted by molar-refractivity contribution is -0.00157. The molecule has 3 aliphatic heterocycles. The predicted molar refractivity (Wildman–Crippen MR) is 105 cm³/mol. The third-order valence-electron chi connectivity index (χ3n) is 5.06. The Balaban J connectivity index is 1.50. The van der Waals surface area contributed by atoms with Crippen LogP contribution in [0, 0.1) is 0 Å². The van der Waals surface area contributed by atoms with Crippen molar-refractivity contribution in [2.24, 2.45) is 4.99 Å². The summed E-state index contributed by atoms with van der Waals surface area (Å²) in [5, 5.41) is 3.29. The van der Waals surface area contributed by atoms with Crippen LogP contribution < -0.4 is 10.1 Å². The van der Waals surface area contributed by atoms with Gasteiger partial charge in [0.15, 0.2) is 0 Å². The normalized spacial score (nSPS) is 24.5. The van der Waals surface area contributed by atoms with Gasteiger partial charge in [-0.3, -0.25) is 14.9 Å². The van der Waals surface area contributed by atoms with E-state index < -0.39 is 5.60 Å². The van der Waals surface area contributed by atoms with Crippen LogP contribution in [0.5, 0.6) is 5.75 Å². The van der Waals surface area contributed by atoms with Gasteiger partial charge in [-0.1, -0.05) is 0 Å². The number of hydrogen-bond acceptors (Lipinski definition) is 7. The Labute approximate surface area is 165 Å². The van der Waals surface area contributed by atoms with Crippen LogP contribution in [0.4, 0.5) is 4.79 Å². The number of amides is 1. The molecule has 1 saturated heterocycles. The number of nitrogens with one attached hydrogen (secondary N) is 1. The molecule has 0 radical (unpaired) electrons. The molecular weight excluding hydrogens is 358 g/mol. The zero-order valence-electron chi connectivity index (χ0n) is 16.6. The van der Waals surface area contributed by atoms with E-state index in [9.17, 15) is 4.79 Å². The summed E-state index contributed by atoms with van der Waals surface area (Å²) in [6.07, 6.45) is 6.92. The summed E-state index contributed by atoms with van der Waals surface area (Å²) in [4.78, 5) is 25.4. The molecule has 0 spiro atoms. The van der Waals surface area contributed by atoms with Crippen LogP contribution in [0.15, 0.2) is 29.7 Å². The lowest BCUT2D eigenvalue weighted by Gasteiger charge is -2.40. The Hall–Kier alpha value is -2.61. The highest BCUT2D eigenvalue weighted by atomic mass is 16.6. The number of rotatable bonds is 1. The number of carbonyl (C=O) groups is 1. The minimum Gasteiger partial charge on any atom is -0.491 e. The van der Waals surface area contributed by atoms with E-state index in [-0.39, 0.29) is 18.2 Å². The van der Waals surface area contributed by atoms with E-state index in [2.05, 4.69) is 20.2 Å². The van der Waals surface area contributed by atoms with Crippen LogP contribution in [-0.2, 0) is 11.3 Å². The molecule has 3 aliphatic rings. The molecule has 0 aromatic carbocycles. The van der Waals surface area contributed by atoms with Gasteiger partial charge < -0.3 is 19.7 Å². The lowest BCUT2D eigenvalue weighted by Crippen LogP contribution is -2.56. The largest absolute Gasteiger partial charge is 0.491 e. The van der Waals surface area contributed by atoms with E-state index in [1.165, 1.54) is 0 Å². The molecule has 1 aromatic rings. The van der Waals surface area contributed by atoms with Gasteiger partial charge in [0.05, 0.1) is 11.7 Å². The topological polar surface area (TPSA) is 79.3 Å². The van der Waals surface area contributed by atoms with Crippen LogP contribution in [0.1, 0.15) is 38.1 Å². The monoisotopic (exact) mass is 385 g/mol. The lowest BCUT2D eigenvalue weighted by atomic mass is 10.0. The van der Waals surface area contributed by atoms with Crippen LogP contribution in [0.2, 0.25) is 0 Å². The fourth-order valence-electron chi connectivity index (χ4n) is 3.71. The maximum Gasteiger partial charge on any atom is 0.410 e. The second kappa shape index (κ2) is 7.43. The zero-order chi connectivity index (χ0) is 19.7. The van der Waals surface area contributed by atoms with E-state index in [4.69, 9.17) is 9.47 Å². The first-order valence-corrected chi connectivity index (χ1v) is 9.67. The average molecular weight is 385 g/mol. The quantitative estimate of drug-likeness (QED) is 0.797. The molecule has 28 heavy (non-hydrogen) atoms. The number of carbonyl (C=O) groups excluding carboxylic acids is 1. The van der Waals surface area contributed by atoms with Gasteiger partial charge in [0.25, 0.3) is 0 Å². The SMILES string of the molecule is CC(C)(C)OC(=O)N1CCN2Cc3c(ccnc3C3C=NC=CN3)OCC2C1. The summed E-state index contributed by atoms with van der Waals surface area (Å²) >= 11 is 0. The Kier molecular flexibility index (Phi) is 4.97. The van der Waals surface area contributed by atoms with Gasteiger partial charge in [0.2, 0.25) is 0 Å². The molecule has 1 fully saturated rings. The third kappa shape index (κ3) is 3.96. The Morgan fingerprint density at radius 3 is 2.96 bits per heavy atom. The zero-order valence-corrected chi connectivity index (χ0v) is 16.6. The number of pyridine rings is 1. The van der Waals surface area contributed by atoms with Crippen molar-refractivity contribution < 1.29 is 14.3 Å². The molecule has 2 atom stereocenters. The number of hydrogen-bond donors (Lipinski definition) is 1. The first-order valence-electron chi connectivity index (χ1n) is 9.67. The third-order valence-corrected chi connectivity index (χ3v) is 5.06. The molecule has 1 N–H and O–H groups in total. The van der Waals surface area contributed by atoms with Gasteiger partial charge in [-0.2, -0.15) is 0 Å². The van der Waals surface area contributed by atoms with Gasteiger partial charge in [0, 0.05) is 56.6 Å². The molecule has 4 rings (SSSR count). The molecule has 8 nitrogen and oxygen atoms in total. The van der Waals surface area contributed by atoms with Gasteiger partial charge in [-0.15, -0.1) is 0 Å². The van der Waals surface area contributed by atoms with E-state index in [0.717, 1.165) is 30.1 Å². The maximum atomic E-state index is 12.5. The maximum absolute atomic E-state index is 12.5. The number of aromatic nitrogens is 1. The number of nitrogens with zero attached hydrogens (tertiary/aromatic N) is 4. The van der Waals surface area contributed by atoms with Crippen molar-refractivity contribution in [2.75, 3.05) is 26.2 Å². The molecule has 0 aliphatic carbocycles. The first-order chi connectivity index (χ1) is 13.4. The van der Waals surface area contributed by atoms with Crippen molar-refractivity contribution in [1.82, 2.24) is 20.1 Å². The van der Waals surface area contributed by atoms with E-state index in [1.54, 1.807) is 17.3 Å². The molecule has 4 heterocycles. The summed E-state index contributed by atoms with van der Waals surface area (Å²) < 4.78 is 11.7.